The van der Waals surface area contributed by atoms with Crippen LogP contribution in [0.2, 0.25) is 0 Å². The third-order valence-corrected chi connectivity index (χ3v) is 8.39. The normalized spacial score (nSPS) is 13.5. The molecule has 2 heterocycles. The van der Waals surface area contributed by atoms with E-state index in [1.165, 1.54) is 6.92 Å². The lowest BCUT2D eigenvalue weighted by Gasteiger charge is -2.19. The van der Waals surface area contributed by atoms with Crippen molar-refractivity contribution in [3.63, 3.8) is 0 Å². The molecule has 1 unspecified atom stereocenters. The summed E-state index contributed by atoms with van der Waals surface area (Å²) in [7, 11) is 4.67. The van der Waals surface area contributed by atoms with Crippen molar-refractivity contribution in [1.29, 1.82) is 0 Å². The highest BCUT2D eigenvalue weighted by atomic mass is 16.5. The van der Waals surface area contributed by atoms with Crippen molar-refractivity contribution in [3.8, 4) is 39.8 Å². The number of aryl methyl sites for hydroxylation is 1. The molecule has 0 saturated heterocycles. The Hall–Kier alpha value is -5.85. The van der Waals surface area contributed by atoms with Gasteiger partial charge in [0.05, 0.1) is 33.1 Å². The van der Waals surface area contributed by atoms with E-state index in [1.807, 2.05) is 42.6 Å². The van der Waals surface area contributed by atoms with Crippen LogP contribution in [-0.4, -0.2) is 59.9 Å². The smallest absolute Gasteiger partial charge is 0.249 e. The fraction of sp³-hybridized carbons (Fsp3) is 0.286. The van der Waals surface area contributed by atoms with E-state index in [9.17, 15) is 14.4 Å². The second-order valence-electron chi connectivity index (χ2n) is 11.4. The predicted molar refractivity (Wildman–Crippen MR) is 183 cm³/mol. The van der Waals surface area contributed by atoms with Crippen LogP contribution in [0.15, 0.2) is 59.5 Å². The molecule has 2 amide bonds. The molecule has 0 bridgehead atoms. The lowest BCUT2D eigenvalue weighted by Crippen LogP contribution is -2.26. The summed E-state index contributed by atoms with van der Waals surface area (Å²) in [6, 6.07) is 14.5. The van der Waals surface area contributed by atoms with E-state index < -0.39 is 6.04 Å². The molecule has 0 aliphatic heterocycles. The number of carbonyl (C=O) groups excluding carboxylic acids is 2. The third-order valence-electron chi connectivity index (χ3n) is 8.39. The van der Waals surface area contributed by atoms with Gasteiger partial charge in [-0.05, 0) is 60.2 Å². The molecule has 48 heavy (non-hydrogen) atoms. The van der Waals surface area contributed by atoms with Gasteiger partial charge in [0, 0.05) is 48.1 Å². The minimum Gasteiger partial charge on any atom is -0.493 e. The first-order valence-electron chi connectivity index (χ1n) is 15.6. The van der Waals surface area contributed by atoms with Crippen molar-refractivity contribution in [2.75, 3.05) is 38.5 Å². The Morgan fingerprint density at radius 3 is 2.58 bits per heavy atom. The topological polar surface area (TPSA) is 172 Å². The van der Waals surface area contributed by atoms with Crippen LogP contribution in [0, 0.1) is 0 Å². The van der Waals surface area contributed by atoms with E-state index in [2.05, 4.69) is 36.1 Å². The summed E-state index contributed by atoms with van der Waals surface area (Å²) in [5, 5.41) is 16.9. The van der Waals surface area contributed by atoms with Crippen LogP contribution in [0.5, 0.6) is 17.2 Å². The van der Waals surface area contributed by atoms with Crippen molar-refractivity contribution in [2.24, 2.45) is 0 Å². The maximum Gasteiger partial charge on any atom is 0.249 e. The summed E-state index contributed by atoms with van der Waals surface area (Å²) in [6.07, 6.45) is 3.65. The van der Waals surface area contributed by atoms with Gasteiger partial charge >= 0.3 is 0 Å². The number of aromatic nitrogens is 4. The zero-order chi connectivity index (χ0) is 33.8. The number of hydrogen-bond acceptors (Lipinski definition) is 9. The molecule has 0 fully saturated rings. The Balaban J connectivity index is 1.18. The molecule has 5 aromatic rings. The molecule has 2 aromatic heterocycles. The fourth-order valence-electron chi connectivity index (χ4n) is 6.22. The number of hydrogen-bond donors (Lipinski definition) is 5. The van der Waals surface area contributed by atoms with Gasteiger partial charge in [-0.1, -0.05) is 24.3 Å². The predicted octanol–water partition coefficient (Wildman–Crippen LogP) is 4.96. The molecule has 0 saturated carbocycles. The van der Waals surface area contributed by atoms with Gasteiger partial charge in [0.1, 0.15) is 0 Å². The molecule has 1 aliphatic rings. The quantitative estimate of drug-likeness (QED) is 0.124. The molecule has 13 heteroatoms. The molecule has 5 N–H and O–H groups in total. The molecule has 13 nitrogen and oxygen atoms in total. The van der Waals surface area contributed by atoms with Crippen molar-refractivity contribution in [1.82, 2.24) is 25.5 Å². The van der Waals surface area contributed by atoms with E-state index in [0.717, 1.165) is 33.2 Å². The van der Waals surface area contributed by atoms with E-state index in [1.54, 1.807) is 33.5 Å². The number of para-hydroxylation sites is 1. The highest BCUT2D eigenvalue weighted by Crippen LogP contribution is 2.50. The van der Waals surface area contributed by atoms with Crippen LogP contribution in [0.1, 0.15) is 43.4 Å². The standard InChI is InChI=1S/C35H37N7O6/c1-19(43)38-26-13-11-20-16-29(46-2)32(47-3)33(48-4)31(20)22-12-14-27(28(44)17-23(22)26)36-15-7-10-30(45)39-35-40-34(41-42-35)24-18-37-25-9-6-5-8-21(24)25/h5-6,8-9,12,14,16-18,26,37H,7,10-11,13,15H2,1-4H3,(H,36,44)(H,38,43)(H2,39,40,41,42,45). The monoisotopic (exact) mass is 651 g/mol. The molecule has 248 valence electrons. The minimum atomic E-state index is -0.407. The molecule has 1 atom stereocenters. The number of H-pyrrole nitrogens is 2. The minimum absolute atomic E-state index is 0.185. The highest BCUT2D eigenvalue weighted by Gasteiger charge is 2.29. The van der Waals surface area contributed by atoms with Gasteiger partial charge in [-0.25, -0.2) is 0 Å². The maximum absolute atomic E-state index is 13.5. The number of nitrogens with one attached hydrogen (secondary N) is 5. The van der Waals surface area contributed by atoms with Gasteiger partial charge in [-0.15, -0.1) is 5.10 Å². The van der Waals surface area contributed by atoms with Gasteiger partial charge in [0.25, 0.3) is 0 Å². The molecule has 3 aromatic carbocycles. The van der Waals surface area contributed by atoms with E-state index in [4.69, 9.17) is 14.2 Å². The Kier molecular flexibility index (Phi) is 9.28. The van der Waals surface area contributed by atoms with Crippen molar-refractivity contribution in [3.05, 3.63) is 76.1 Å². The first kappa shape index (κ1) is 32.1. The molecular formula is C35H37N7O6. The van der Waals surface area contributed by atoms with E-state index >= 15 is 0 Å². The van der Waals surface area contributed by atoms with Crippen LogP contribution >= 0.6 is 0 Å². The summed E-state index contributed by atoms with van der Waals surface area (Å²) in [5.41, 5.74) is 5.08. The Morgan fingerprint density at radius 1 is 1.00 bits per heavy atom. The number of rotatable bonds is 11. The van der Waals surface area contributed by atoms with Crippen LogP contribution in [0.3, 0.4) is 0 Å². The summed E-state index contributed by atoms with van der Waals surface area (Å²) in [4.78, 5) is 46.0. The number of anilines is 2. The van der Waals surface area contributed by atoms with Gasteiger partial charge < -0.3 is 29.8 Å². The zero-order valence-corrected chi connectivity index (χ0v) is 27.2. The largest absolute Gasteiger partial charge is 0.493 e. The van der Waals surface area contributed by atoms with Crippen molar-refractivity contribution in [2.45, 2.75) is 38.6 Å². The first-order chi connectivity index (χ1) is 23.3. The lowest BCUT2D eigenvalue weighted by molar-refractivity contribution is -0.119. The van der Waals surface area contributed by atoms with Gasteiger partial charge in [-0.3, -0.25) is 24.8 Å². The summed E-state index contributed by atoms with van der Waals surface area (Å²) in [5.74, 6) is 1.73. The Labute approximate surface area is 276 Å². The third kappa shape index (κ3) is 6.39. The summed E-state index contributed by atoms with van der Waals surface area (Å²) in [6.45, 7) is 1.82. The van der Waals surface area contributed by atoms with Crippen LogP contribution in [0.4, 0.5) is 11.6 Å². The number of fused-ring (bicyclic) bond motifs is 4. The molecule has 0 spiro atoms. The van der Waals surface area contributed by atoms with E-state index in [-0.39, 0.29) is 29.6 Å². The Bertz CT molecular complexity index is 2050. The van der Waals surface area contributed by atoms with Gasteiger partial charge in [0.2, 0.25) is 28.9 Å². The summed E-state index contributed by atoms with van der Waals surface area (Å²) >= 11 is 0. The maximum atomic E-state index is 13.5. The summed E-state index contributed by atoms with van der Waals surface area (Å²) < 4.78 is 17.1. The molecular weight excluding hydrogens is 614 g/mol. The second-order valence-corrected chi connectivity index (χ2v) is 11.4. The number of aromatic amines is 2. The van der Waals surface area contributed by atoms with Crippen LogP contribution in [0.25, 0.3) is 33.4 Å². The second kappa shape index (κ2) is 13.9. The van der Waals surface area contributed by atoms with Crippen molar-refractivity contribution < 1.29 is 23.8 Å². The SMILES string of the molecule is COc1cc2c(c(OC)c1OC)-c1ccc(NCCCC(=O)Nc3n[nH]c(-c4c[nH]c5ccccc45)n3)c(=O)cc1C(NC(C)=O)CC2. The fourth-order valence-corrected chi connectivity index (χ4v) is 6.22. The Morgan fingerprint density at radius 2 is 1.81 bits per heavy atom. The van der Waals surface area contributed by atoms with Gasteiger partial charge in [0.15, 0.2) is 17.3 Å². The number of amides is 2. The number of ether oxygens (including phenoxy) is 3. The highest BCUT2D eigenvalue weighted by molar-refractivity contribution is 5.94. The van der Waals surface area contributed by atoms with E-state index in [0.29, 0.717) is 60.1 Å². The number of carbonyl (C=O) groups is 2. The number of benzene rings is 2. The van der Waals surface area contributed by atoms with Crippen LogP contribution < -0.4 is 35.6 Å². The molecule has 0 radical (unpaired) electrons. The van der Waals surface area contributed by atoms with Crippen LogP contribution in [-0.2, 0) is 16.0 Å². The zero-order valence-electron chi connectivity index (χ0n) is 27.2. The van der Waals surface area contributed by atoms with Crippen molar-refractivity contribution >= 4 is 34.4 Å². The number of methoxy groups -OCH3 is 3. The molecule has 1 aliphatic carbocycles. The average Bonchev–Trinajstić information content (AvgIpc) is 3.65. The lowest BCUT2D eigenvalue weighted by atomic mass is 9.95. The molecule has 6 rings (SSSR count). The average molecular weight is 652 g/mol. The first-order valence-corrected chi connectivity index (χ1v) is 15.6. The van der Waals surface area contributed by atoms with Gasteiger partial charge in [-0.2, -0.15) is 4.98 Å². The number of nitrogens with zero attached hydrogens (tertiary/aromatic N) is 2.